The Hall–Kier alpha value is -1.95. The third kappa shape index (κ3) is 2.65. The number of pyridine rings is 1. The zero-order valence-corrected chi connectivity index (χ0v) is 10.00. The number of carboxylic acids is 1. The highest BCUT2D eigenvalue weighted by atomic mass is 16.5. The van der Waals surface area contributed by atoms with E-state index < -0.39 is 12.1 Å². The summed E-state index contributed by atoms with van der Waals surface area (Å²) < 4.78 is 5.07. The van der Waals surface area contributed by atoms with E-state index in [4.69, 9.17) is 9.84 Å². The fourth-order valence-electron chi connectivity index (χ4n) is 1.81. The van der Waals surface area contributed by atoms with Crippen molar-refractivity contribution in [2.75, 3.05) is 19.7 Å². The van der Waals surface area contributed by atoms with Crippen LogP contribution in [-0.2, 0) is 9.53 Å². The number of morpholine rings is 1. The number of carbonyl (C=O) groups excluding carboxylic acids is 1. The van der Waals surface area contributed by atoms with E-state index >= 15 is 0 Å². The lowest BCUT2D eigenvalue weighted by molar-refractivity contribution is -0.154. The molecule has 0 saturated carbocycles. The highest BCUT2D eigenvalue weighted by Gasteiger charge is 2.29. The van der Waals surface area contributed by atoms with Gasteiger partial charge in [0.2, 0.25) is 0 Å². The number of aryl methyl sites for hydroxylation is 1. The Kier molecular flexibility index (Phi) is 3.57. The Bertz CT molecular complexity index is 475. The standard InChI is InChI=1S/C12H14N2O4/c1-8-3-2-4-9(13-8)11(15)14-5-6-18-10(7-14)12(16)17/h2-4,10H,5-7H2,1H3,(H,16,17). The Labute approximate surface area is 104 Å². The summed E-state index contributed by atoms with van der Waals surface area (Å²) in [7, 11) is 0. The predicted octanol–water partition coefficient (Wildman–Crippen LogP) is 0.316. The number of aromatic nitrogens is 1. The molecular formula is C12H14N2O4. The topological polar surface area (TPSA) is 79.7 Å². The Morgan fingerprint density at radius 3 is 2.94 bits per heavy atom. The molecule has 0 radical (unpaired) electrons. The summed E-state index contributed by atoms with van der Waals surface area (Å²) in [6.45, 7) is 2.48. The maximum absolute atomic E-state index is 12.1. The number of carboxylic acid groups (broad SMARTS) is 1. The largest absolute Gasteiger partial charge is 0.479 e. The average molecular weight is 250 g/mol. The van der Waals surface area contributed by atoms with Crippen molar-refractivity contribution in [3.8, 4) is 0 Å². The molecule has 1 aromatic heterocycles. The van der Waals surface area contributed by atoms with Crippen LogP contribution < -0.4 is 0 Å². The lowest BCUT2D eigenvalue weighted by Gasteiger charge is -2.30. The number of carbonyl (C=O) groups is 2. The van der Waals surface area contributed by atoms with E-state index in [-0.39, 0.29) is 19.1 Å². The molecule has 6 nitrogen and oxygen atoms in total. The first-order valence-corrected chi connectivity index (χ1v) is 5.65. The normalized spacial score (nSPS) is 19.6. The van der Waals surface area contributed by atoms with Crippen molar-refractivity contribution in [2.45, 2.75) is 13.0 Å². The first-order chi connectivity index (χ1) is 8.58. The third-order valence-electron chi connectivity index (χ3n) is 2.74. The molecule has 1 amide bonds. The minimum absolute atomic E-state index is 0.0593. The van der Waals surface area contributed by atoms with Crippen LogP contribution in [0.25, 0.3) is 0 Å². The maximum Gasteiger partial charge on any atom is 0.334 e. The highest BCUT2D eigenvalue weighted by molar-refractivity contribution is 5.92. The van der Waals surface area contributed by atoms with Crippen molar-refractivity contribution in [2.24, 2.45) is 0 Å². The molecule has 2 heterocycles. The van der Waals surface area contributed by atoms with Crippen molar-refractivity contribution in [3.05, 3.63) is 29.6 Å². The van der Waals surface area contributed by atoms with Gasteiger partial charge in [-0.3, -0.25) is 4.79 Å². The molecule has 1 saturated heterocycles. The summed E-state index contributed by atoms with van der Waals surface area (Å²) in [5.41, 5.74) is 1.09. The predicted molar refractivity (Wildman–Crippen MR) is 62.3 cm³/mol. The van der Waals surface area contributed by atoms with E-state index in [1.807, 2.05) is 0 Å². The molecule has 1 N–H and O–H groups in total. The van der Waals surface area contributed by atoms with Crippen molar-refractivity contribution in [1.82, 2.24) is 9.88 Å². The second kappa shape index (κ2) is 5.14. The highest BCUT2D eigenvalue weighted by Crippen LogP contribution is 2.10. The van der Waals surface area contributed by atoms with Gasteiger partial charge < -0.3 is 14.7 Å². The number of hydrogen-bond acceptors (Lipinski definition) is 4. The minimum atomic E-state index is -1.05. The van der Waals surface area contributed by atoms with Crippen LogP contribution >= 0.6 is 0 Å². The molecule has 6 heteroatoms. The van der Waals surface area contributed by atoms with Crippen LogP contribution in [0.1, 0.15) is 16.2 Å². The molecule has 1 unspecified atom stereocenters. The van der Waals surface area contributed by atoms with Crippen LogP contribution in [0.5, 0.6) is 0 Å². The molecular weight excluding hydrogens is 236 g/mol. The van der Waals surface area contributed by atoms with Gasteiger partial charge in [0.1, 0.15) is 5.69 Å². The molecule has 2 rings (SSSR count). The number of amides is 1. The van der Waals surface area contributed by atoms with Gasteiger partial charge >= 0.3 is 5.97 Å². The smallest absolute Gasteiger partial charge is 0.334 e. The van der Waals surface area contributed by atoms with Gasteiger partial charge in [-0.05, 0) is 19.1 Å². The lowest BCUT2D eigenvalue weighted by atomic mass is 10.2. The molecule has 0 aromatic carbocycles. The summed E-state index contributed by atoms with van der Waals surface area (Å²) in [5, 5.41) is 8.87. The fraction of sp³-hybridized carbons (Fsp3) is 0.417. The number of rotatable bonds is 2. The summed E-state index contributed by atoms with van der Waals surface area (Å²) >= 11 is 0. The summed E-state index contributed by atoms with van der Waals surface area (Å²) in [6, 6.07) is 5.18. The molecule has 1 fully saturated rings. The molecule has 1 aliphatic heterocycles. The minimum Gasteiger partial charge on any atom is -0.479 e. The molecule has 1 aromatic rings. The van der Waals surface area contributed by atoms with Crippen LogP contribution in [-0.4, -0.2) is 52.7 Å². The van der Waals surface area contributed by atoms with Crippen molar-refractivity contribution in [1.29, 1.82) is 0 Å². The van der Waals surface area contributed by atoms with Gasteiger partial charge in [-0.1, -0.05) is 6.07 Å². The van der Waals surface area contributed by atoms with Crippen molar-refractivity contribution in [3.63, 3.8) is 0 Å². The monoisotopic (exact) mass is 250 g/mol. The molecule has 96 valence electrons. The van der Waals surface area contributed by atoms with Crippen molar-refractivity contribution < 1.29 is 19.4 Å². The second-order valence-corrected chi connectivity index (χ2v) is 4.11. The number of hydrogen-bond donors (Lipinski definition) is 1. The van der Waals surface area contributed by atoms with Crippen molar-refractivity contribution >= 4 is 11.9 Å². The Morgan fingerprint density at radius 1 is 1.50 bits per heavy atom. The first-order valence-electron chi connectivity index (χ1n) is 5.65. The van der Waals surface area contributed by atoms with Gasteiger partial charge in [0.15, 0.2) is 6.10 Å². The third-order valence-corrected chi connectivity index (χ3v) is 2.74. The molecule has 0 aliphatic carbocycles. The average Bonchev–Trinajstić information content (AvgIpc) is 2.38. The number of aliphatic carboxylic acids is 1. The Balaban J connectivity index is 2.11. The molecule has 1 atom stereocenters. The maximum atomic E-state index is 12.1. The number of ether oxygens (including phenoxy) is 1. The summed E-state index contributed by atoms with van der Waals surface area (Å²) in [5.74, 6) is -1.31. The van der Waals surface area contributed by atoms with Crippen LogP contribution in [0.2, 0.25) is 0 Å². The van der Waals surface area contributed by atoms with Gasteiger partial charge in [0.05, 0.1) is 13.2 Å². The lowest BCUT2D eigenvalue weighted by Crippen LogP contribution is -2.48. The van der Waals surface area contributed by atoms with E-state index in [9.17, 15) is 9.59 Å². The zero-order valence-electron chi connectivity index (χ0n) is 10.00. The van der Waals surface area contributed by atoms with E-state index in [0.717, 1.165) is 5.69 Å². The quantitative estimate of drug-likeness (QED) is 0.817. The number of nitrogens with zero attached hydrogens (tertiary/aromatic N) is 2. The molecule has 0 spiro atoms. The van der Waals surface area contributed by atoms with E-state index in [1.54, 1.807) is 25.1 Å². The van der Waals surface area contributed by atoms with Crippen LogP contribution in [0, 0.1) is 6.92 Å². The summed E-state index contributed by atoms with van der Waals surface area (Å²) in [4.78, 5) is 28.6. The molecule has 18 heavy (non-hydrogen) atoms. The van der Waals surface area contributed by atoms with Gasteiger partial charge in [-0.2, -0.15) is 0 Å². The van der Waals surface area contributed by atoms with Gasteiger partial charge in [0.25, 0.3) is 5.91 Å². The van der Waals surface area contributed by atoms with Crippen LogP contribution in [0.15, 0.2) is 18.2 Å². The van der Waals surface area contributed by atoms with E-state index in [1.165, 1.54) is 4.90 Å². The van der Waals surface area contributed by atoms with Gasteiger partial charge in [-0.25, -0.2) is 9.78 Å². The van der Waals surface area contributed by atoms with Crippen LogP contribution in [0.3, 0.4) is 0 Å². The molecule has 0 bridgehead atoms. The molecule has 1 aliphatic rings. The first kappa shape index (κ1) is 12.5. The van der Waals surface area contributed by atoms with Gasteiger partial charge in [0, 0.05) is 12.2 Å². The summed E-state index contributed by atoms with van der Waals surface area (Å²) in [6.07, 6.45) is -0.951. The SMILES string of the molecule is Cc1cccc(C(=O)N2CCOC(C(=O)O)C2)n1. The van der Waals surface area contributed by atoms with E-state index in [0.29, 0.717) is 12.2 Å². The van der Waals surface area contributed by atoms with E-state index in [2.05, 4.69) is 4.98 Å². The van der Waals surface area contributed by atoms with Crippen LogP contribution in [0.4, 0.5) is 0 Å². The van der Waals surface area contributed by atoms with Gasteiger partial charge in [-0.15, -0.1) is 0 Å². The zero-order chi connectivity index (χ0) is 13.1. The fourth-order valence-corrected chi connectivity index (χ4v) is 1.81. The second-order valence-electron chi connectivity index (χ2n) is 4.11. The Morgan fingerprint density at radius 2 is 2.28 bits per heavy atom.